The van der Waals surface area contributed by atoms with Crippen LogP contribution >= 0.6 is 0 Å². The molecule has 0 saturated heterocycles. The Morgan fingerprint density at radius 3 is 3.00 bits per heavy atom. The fourth-order valence-corrected chi connectivity index (χ4v) is 1.66. The van der Waals surface area contributed by atoms with E-state index < -0.39 is 0 Å². The van der Waals surface area contributed by atoms with Gasteiger partial charge in [-0.2, -0.15) is 0 Å². The minimum absolute atomic E-state index is 0.154. The van der Waals surface area contributed by atoms with Gasteiger partial charge in [-0.15, -0.1) is 0 Å². The summed E-state index contributed by atoms with van der Waals surface area (Å²) in [6, 6.07) is 3.46. The highest BCUT2D eigenvalue weighted by Gasteiger charge is 2.07. The highest BCUT2D eigenvalue weighted by molar-refractivity contribution is 5.89. The van der Waals surface area contributed by atoms with E-state index in [1.165, 1.54) is 7.11 Å². The number of ether oxygens (including phenoxy) is 1. The number of imidazole rings is 1. The van der Waals surface area contributed by atoms with Crippen LogP contribution in [-0.2, 0) is 11.2 Å². The van der Waals surface area contributed by atoms with Crippen LogP contribution in [0.4, 0.5) is 0 Å². The van der Waals surface area contributed by atoms with Crippen molar-refractivity contribution in [1.29, 1.82) is 0 Å². The molecular formula is C12H14N2O3. The van der Waals surface area contributed by atoms with Crippen molar-refractivity contribution < 1.29 is 14.6 Å². The predicted molar refractivity (Wildman–Crippen MR) is 61.9 cm³/mol. The van der Waals surface area contributed by atoms with Gasteiger partial charge in [0.15, 0.2) is 0 Å². The smallest absolute Gasteiger partial charge is 0.339 e. The van der Waals surface area contributed by atoms with Gasteiger partial charge in [0, 0.05) is 19.0 Å². The Balaban J connectivity index is 2.31. The zero-order valence-electron chi connectivity index (χ0n) is 9.59. The third-order valence-electron chi connectivity index (χ3n) is 2.51. The normalized spacial score (nSPS) is 10.7. The molecule has 90 valence electrons. The number of esters is 1. The Morgan fingerprint density at radius 2 is 2.29 bits per heavy atom. The molecule has 0 aliphatic rings. The van der Waals surface area contributed by atoms with E-state index >= 15 is 0 Å². The highest BCUT2D eigenvalue weighted by Crippen LogP contribution is 2.10. The second-order valence-corrected chi connectivity index (χ2v) is 3.73. The quantitative estimate of drug-likeness (QED) is 0.803. The molecule has 1 N–H and O–H groups in total. The van der Waals surface area contributed by atoms with Crippen LogP contribution in [0.2, 0.25) is 0 Å². The summed E-state index contributed by atoms with van der Waals surface area (Å²) in [5.41, 5.74) is 2.18. The number of aromatic nitrogens is 2. The monoisotopic (exact) mass is 234 g/mol. The Morgan fingerprint density at radius 1 is 1.47 bits per heavy atom. The Labute approximate surface area is 98.7 Å². The minimum atomic E-state index is -0.363. The van der Waals surface area contributed by atoms with Crippen LogP contribution in [0.1, 0.15) is 22.5 Å². The Hall–Kier alpha value is -1.88. The van der Waals surface area contributed by atoms with Gasteiger partial charge < -0.3 is 14.2 Å². The Bertz CT molecular complexity index is 534. The van der Waals surface area contributed by atoms with Crippen molar-refractivity contribution in [2.45, 2.75) is 12.8 Å². The summed E-state index contributed by atoms with van der Waals surface area (Å²) < 4.78 is 6.44. The van der Waals surface area contributed by atoms with Crippen molar-refractivity contribution in [3.8, 4) is 0 Å². The van der Waals surface area contributed by atoms with Crippen molar-refractivity contribution in [1.82, 2.24) is 9.38 Å². The van der Waals surface area contributed by atoms with E-state index in [2.05, 4.69) is 9.72 Å². The number of aliphatic hydroxyl groups excluding tert-OH is 1. The number of rotatable bonds is 4. The number of aliphatic hydroxyl groups is 1. The number of carbonyl (C=O) groups excluding carboxylic acids is 1. The molecule has 0 aliphatic carbocycles. The summed E-state index contributed by atoms with van der Waals surface area (Å²) in [5, 5.41) is 8.76. The molecule has 0 aromatic carbocycles. The molecule has 2 heterocycles. The van der Waals surface area contributed by atoms with Crippen molar-refractivity contribution in [3.63, 3.8) is 0 Å². The number of aryl methyl sites for hydroxylation is 1. The first kappa shape index (κ1) is 11.6. The summed E-state index contributed by atoms with van der Waals surface area (Å²) in [6.07, 6.45) is 4.97. The molecule has 2 aromatic rings. The lowest BCUT2D eigenvalue weighted by molar-refractivity contribution is 0.0600. The molecule has 2 aromatic heterocycles. The molecule has 0 spiro atoms. The molecule has 5 heteroatoms. The fraction of sp³-hybridized carbons (Fsp3) is 0.333. The van der Waals surface area contributed by atoms with Crippen LogP contribution in [-0.4, -0.2) is 34.2 Å². The van der Waals surface area contributed by atoms with Crippen LogP contribution in [0.5, 0.6) is 0 Å². The van der Waals surface area contributed by atoms with Gasteiger partial charge in [-0.05, 0) is 25.0 Å². The lowest BCUT2D eigenvalue weighted by Gasteiger charge is -1.99. The van der Waals surface area contributed by atoms with E-state index in [4.69, 9.17) is 5.11 Å². The maximum Gasteiger partial charge on any atom is 0.339 e. The molecule has 2 rings (SSSR count). The summed E-state index contributed by atoms with van der Waals surface area (Å²) in [5.74, 6) is -0.363. The first-order valence-corrected chi connectivity index (χ1v) is 5.41. The van der Waals surface area contributed by atoms with E-state index in [0.29, 0.717) is 12.0 Å². The van der Waals surface area contributed by atoms with E-state index in [-0.39, 0.29) is 12.6 Å². The number of carbonyl (C=O) groups is 1. The van der Waals surface area contributed by atoms with Crippen molar-refractivity contribution in [2.75, 3.05) is 13.7 Å². The lowest BCUT2D eigenvalue weighted by Crippen LogP contribution is -2.02. The molecule has 0 amide bonds. The average molecular weight is 234 g/mol. The Kier molecular flexibility index (Phi) is 3.39. The number of methoxy groups -OCH3 is 1. The van der Waals surface area contributed by atoms with Gasteiger partial charge in [0.1, 0.15) is 5.65 Å². The maximum atomic E-state index is 11.3. The molecule has 0 saturated carbocycles. The topological polar surface area (TPSA) is 63.8 Å². The number of pyridine rings is 1. The number of hydrogen-bond donors (Lipinski definition) is 1. The maximum absolute atomic E-state index is 11.3. The van der Waals surface area contributed by atoms with Crippen LogP contribution in [0, 0.1) is 0 Å². The van der Waals surface area contributed by atoms with Gasteiger partial charge in [-0.25, -0.2) is 9.78 Å². The predicted octanol–water partition coefficient (Wildman–Crippen LogP) is 1.05. The second kappa shape index (κ2) is 4.97. The van der Waals surface area contributed by atoms with Crippen molar-refractivity contribution in [3.05, 3.63) is 35.8 Å². The first-order chi connectivity index (χ1) is 8.24. The zero-order valence-corrected chi connectivity index (χ0v) is 9.59. The molecule has 0 bridgehead atoms. The molecule has 0 unspecified atom stereocenters. The highest BCUT2D eigenvalue weighted by atomic mass is 16.5. The summed E-state index contributed by atoms with van der Waals surface area (Å²) in [6.45, 7) is 0.154. The number of nitrogens with zero attached hydrogens (tertiary/aromatic N) is 2. The van der Waals surface area contributed by atoms with Crippen molar-refractivity contribution >= 4 is 11.6 Å². The molecule has 0 fully saturated rings. The molecule has 0 atom stereocenters. The van der Waals surface area contributed by atoms with E-state index in [1.807, 2.05) is 6.20 Å². The van der Waals surface area contributed by atoms with Gasteiger partial charge in [-0.3, -0.25) is 0 Å². The molecule has 0 aliphatic heterocycles. The van der Waals surface area contributed by atoms with Crippen molar-refractivity contribution in [2.24, 2.45) is 0 Å². The minimum Gasteiger partial charge on any atom is -0.465 e. The molecule has 17 heavy (non-hydrogen) atoms. The van der Waals surface area contributed by atoms with Crippen LogP contribution in [0.3, 0.4) is 0 Å². The van der Waals surface area contributed by atoms with E-state index in [9.17, 15) is 4.79 Å². The average Bonchev–Trinajstić information content (AvgIpc) is 2.76. The fourth-order valence-electron chi connectivity index (χ4n) is 1.66. The SMILES string of the molecule is COC(=O)c1ccc2nc(CCCO)cn2c1. The van der Waals surface area contributed by atoms with Gasteiger partial charge in [0.25, 0.3) is 0 Å². The van der Waals surface area contributed by atoms with E-state index in [1.54, 1.807) is 22.7 Å². The van der Waals surface area contributed by atoms with Gasteiger partial charge in [0.05, 0.1) is 18.4 Å². The molecular weight excluding hydrogens is 220 g/mol. The third-order valence-corrected chi connectivity index (χ3v) is 2.51. The zero-order chi connectivity index (χ0) is 12.3. The van der Waals surface area contributed by atoms with Gasteiger partial charge >= 0.3 is 5.97 Å². The summed E-state index contributed by atoms with van der Waals surface area (Å²) in [4.78, 5) is 15.7. The summed E-state index contributed by atoms with van der Waals surface area (Å²) >= 11 is 0. The first-order valence-electron chi connectivity index (χ1n) is 5.41. The largest absolute Gasteiger partial charge is 0.465 e. The second-order valence-electron chi connectivity index (χ2n) is 3.73. The van der Waals surface area contributed by atoms with Crippen LogP contribution in [0.25, 0.3) is 5.65 Å². The van der Waals surface area contributed by atoms with E-state index in [0.717, 1.165) is 17.8 Å². The molecule has 5 nitrogen and oxygen atoms in total. The molecule has 0 radical (unpaired) electrons. The standard InChI is InChI=1S/C12H14N2O3/c1-17-12(16)9-4-5-11-13-10(3-2-6-15)8-14(11)7-9/h4-5,7-8,15H,2-3,6H2,1H3. The summed E-state index contributed by atoms with van der Waals surface area (Å²) in [7, 11) is 1.35. The van der Waals surface area contributed by atoms with Crippen LogP contribution in [0.15, 0.2) is 24.5 Å². The van der Waals surface area contributed by atoms with Gasteiger partial charge in [0.2, 0.25) is 0 Å². The number of fused-ring (bicyclic) bond motifs is 1. The van der Waals surface area contributed by atoms with Crippen LogP contribution < -0.4 is 0 Å². The lowest BCUT2D eigenvalue weighted by atomic mass is 10.3. The van der Waals surface area contributed by atoms with Gasteiger partial charge in [-0.1, -0.05) is 0 Å². The number of hydrogen-bond acceptors (Lipinski definition) is 4. The third kappa shape index (κ3) is 2.45.